The van der Waals surface area contributed by atoms with E-state index in [2.05, 4.69) is 15.5 Å². The van der Waals surface area contributed by atoms with Gasteiger partial charge in [0.15, 0.2) is 0 Å². The Labute approximate surface area is 127 Å². The number of hydrogen-bond donors (Lipinski definition) is 2. The molecule has 1 aromatic carbocycles. The molecule has 0 aliphatic carbocycles. The Morgan fingerprint density at radius 2 is 1.95 bits per heavy atom. The molecule has 1 amide bonds. The zero-order valence-corrected chi connectivity index (χ0v) is 12.9. The van der Waals surface area contributed by atoms with E-state index < -0.39 is 0 Å². The molecule has 2 aromatic rings. The second kappa shape index (κ2) is 6.17. The van der Waals surface area contributed by atoms with Crippen LogP contribution in [0.25, 0.3) is 11.5 Å². The van der Waals surface area contributed by atoms with Crippen molar-refractivity contribution >= 4 is 17.7 Å². The summed E-state index contributed by atoms with van der Waals surface area (Å²) in [6.07, 6.45) is 0. The maximum absolute atomic E-state index is 11.7. The summed E-state index contributed by atoms with van der Waals surface area (Å²) in [4.78, 5) is 11.7. The minimum atomic E-state index is -0.260. The van der Waals surface area contributed by atoms with Crippen molar-refractivity contribution in [3.63, 3.8) is 0 Å². The highest BCUT2D eigenvalue weighted by Gasteiger charge is 2.15. The minimum absolute atomic E-state index is 0.0862. The fraction of sp³-hybridized carbons (Fsp3) is 0.357. The van der Waals surface area contributed by atoms with Gasteiger partial charge in [0.05, 0.1) is 5.75 Å². The maximum atomic E-state index is 11.7. The Kier molecular flexibility index (Phi) is 4.52. The van der Waals surface area contributed by atoms with Gasteiger partial charge in [-0.15, -0.1) is 10.2 Å². The molecule has 2 N–H and O–H groups in total. The van der Waals surface area contributed by atoms with Crippen LogP contribution in [-0.2, 0) is 4.79 Å². The number of carbonyl (C=O) groups excluding carboxylic acids is 1. The molecule has 6 nitrogen and oxygen atoms in total. The number of aromatic nitrogens is 2. The summed E-state index contributed by atoms with van der Waals surface area (Å²) >= 11 is 1.19. The predicted octanol–water partition coefficient (Wildman–Crippen LogP) is 2.45. The van der Waals surface area contributed by atoms with Crippen molar-refractivity contribution in [1.82, 2.24) is 15.5 Å². The fourth-order valence-corrected chi connectivity index (χ4v) is 2.13. The Balaban J connectivity index is 1.94. The zero-order chi connectivity index (χ0) is 15.5. The van der Waals surface area contributed by atoms with Gasteiger partial charge in [-0.1, -0.05) is 11.8 Å². The SMILES string of the molecule is CC(C)(C)NC(=O)CSc1nnc(-c2ccc(O)cc2)o1. The quantitative estimate of drug-likeness (QED) is 0.844. The standard InChI is InChI=1S/C14H17N3O3S/c1-14(2,3)15-11(19)8-21-13-17-16-12(20-13)9-4-6-10(18)7-5-9/h4-7,18H,8H2,1-3H3,(H,15,19). The highest BCUT2D eigenvalue weighted by molar-refractivity contribution is 7.99. The molecule has 0 unspecified atom stereocenters. The first-order valence-corrected chi connectivity index (χ1v) is 7.39. The third-order valence-corrected chi connectivity index (χ3v) is 3.18. The van der Waals surface area contributed by atoms with Gasteiger partial charge in [0.2, 0.25) is 11.8 Å². The van der Waals surface area contributed by atoms with E-state index in [4.69, 9.17) is 4.42 Å². The summed E-state index contributed by atoms with van der Waals surface area (Å²) in [5, 5.41) is 20.2. The summed E-state index contributed by atoms with van der Waals surface area (Å²) in [6.45, 7) is 5.77. The first kappa shape index (κ1) is 15.4. The van der Waals surface area contributed by atoms with Crippen LogP contribution in [0.15, 0.2) is 33.9 Å². The lowest BCUT2D eigenvalue weighted by Gasteiger charge is -2.19. The van der Waals surface area contributed by atoms with E-state index in [1.54, 1.807) is 24.3 Å². The summed E-state index contributed by atoms with van der Waals surface area (Å²) in [6, 6.07) is 6.46. The number of thioether (sulfide) groups is 1. The maximum Gasteiger partial charge on any atom is 0.277 e. The molecule has 0 fully saturated rings. The first-order chi connectivity index (χ1) is 9.83. The Hall–Kier alpha value is -2.02. The van der Waals surface area contributed by atoms with Crippen LogP contribution in [0.3, 0.4) is 0 Å². The van der Waals surface area contributed by atoms with E-state index in [9.17, 15) is 9.90 Å². The van der Waals surface area contributed by atoms with Gasteiger partial charge in [-0.05, 0) is 45.0 Å². The van der Waals surface area contributed by atoms with Gasteiger partial charge in [0, 0.05) is 11.1 Å². The molecular formula is C14H17N3O3S. The zero-order valence-electron chi connectivity index (χ0n) is 12.1. The number of hydrogen-bond acceptors (Lipinski definition) is 6. The van der Waals surface area contributed by atoms with Crippen molar-refractivity contribution in [2.75, 3.05) is 5.75 Å². The van der Waals surface area contributed by atoms with Gasteiger partial charge < -0.3 is 14.8 Å². The number of nitrogens with one attached hydrogen (secondary N) is 1. The average Bonchev–Trinajstić information content (AvgIpc) is 2.84. The van der Waals surface area contributed by atoms with E-state index >= 15 is 0 Å². The second-order valence-corrected chi connectivity index (χ2v) is 6.43. The van der Waals surface area contributed by atoms with E-state index in [1.165, 1.54) is 11.8 Å². The van der Waals surface area contributed by atoms with Crippen LogP contribution in [0.4, 0.5) is 0 Å². The number of nitrogens with zero attached hydrogens (tertiary/aromatic N) is 2. The summed E-state index contributed by atoms with van der Waals surface area (Å²) in [7, 11) is 0. The van der Waals surface area contributed by atoms with Crippen molar-refractivity contribution in [3.8, 4) is 17.2 Å². The number of carbonyl (C=O) groups is 1. The Morgan fingerprint density at radius 1 is 1.29 bits per heavy atom. The van der Waals surface area contributed by atoms with Crippen molar-refractivity contribution < 1.29 is 14.3 Å². The normalized spacial score (nSPS) is 11.4. The predicted molar refractivity (Wildman–Crippen MR) is 80.0 cm³/mol. The molecule has 0 saturated heterocycles. The number of amides is 1. The number of phenols is 1. The van der Waals surface area contributed by atoms with Crippen molar-refractivity contribution in [3.05, 3.63) is 24.3 Å². The molecule has 0 atom stereocenters. The minimum Gasteiger partial charge on any atom is -0.508 e. The number of benzene rings is 1. The number of rotatable bonds is 4. The smallest absolute Gasteiger partial charge is 0.277 e. The largest absolute Gasteiger partial charge is 0.508 e. The molecule has 1 heterocycles. The lowest BCUT2D eigenvalue weighted by Crippen LogP contribution is -2.41. The third kappa shape index (κ3) is 4.78. The van der Waals surface area contributed by atoms with E-state index in [0.29, 0.717) is 16.7 Å². The highest BCUT2D eigenvalue weighted by atomic mass is 32.2. The van der Waals surface area contributed by atoms with E-state index in [1.807, 2.05) is 20.8 Å². The molecule has 7 heteroatoms. The number of aromatic hydroxyl groups is 1. The molecule has 0 radical (unpaired) electrons. The van der Waals surface area contributed by atoms with Crippen LogP contribution in [-0.4, -0.2) is 32.5 Å². The second-order valence-electron chi connectivity index (χ2n) is 5.51. The molecule has 2 rings (SSSR count). The summed E-state index contributed by atoms with van der Waals surface area (Å²) in [5.41, 5.74) is 0.454. The molecule has 21 heavy (non-hydrogen) atoms. The van der Waals surface area contributed by atoms with Gasteiger partial charge in [-0.25, -0.2) is 0 Å². The van der Waals surface area contributed by atoms with Crippen LogP contribution in [0.2, 0.25) is 0 Å². The molecule has 112 valence electrons. The molecule has 0 saturated carbocycles. The number of phenolic OH excluding ortho intramolecular Hbond substituents is 1. The molecule has 0 bridgehead atoms. The van der Waals surface area contributed by atoms with Gasteiger partial charge in [0.25, 0.3) is 5.22 Å². The Bertz CT molecular complexity index is 617. The Morgan fingerprint density at radius 3 is 2.57 bits per heavy atom. The lowest BCUT2D eigenvalue weighted by molar-refractivity contribution is -0.119. The molecular weight excluding hydrogens is 290 g/mol. The summed E-state index contributed by atoms with van der Waals surface area (Å²) < 4.78 is 5.47. The molecule has 0 spiro atoms. The van der Waals surface area contributed by atoms with Crippen molar-refractivity contribution in [2.24, 2.45) is 0 Å². The van der Waals surface area contributed by atoms with E-state index in [-0.39, 0.29) is 22.9 Å². The van der Waals surface area contributed by atoms with Crippen LogP contribution >= 0.6 is 11.8 Å². The molecule has 1 aromatic heterocycles. The average molecular weight is 307 g/mol. The first-order valence-electron chi connectivity index (χ1n) is 6.40. The third-order valence-electron chi connectivity index (χ3n) is 2.36. The van der Waals surface area contributed by atoms with Gasteiger partial charge in [-0.2, -0.15) is 0 Å². The van der Waals surface area contributed by atoms with Gasteiger partial charge >= 0.3 is 0 Å². The van der Waals surface area contributed by atoms with Crippen LogP contribution < -0.4 is 5.32 Å². The van der Waals surface area contributed by atoms with Gasteiger partial charge in [-0.3, -0.25) is 4.79 Å². The molecule has 0 aliphatic rings. The monoisotopic (exact) mass is 307 g/mol. The highest BCUT2D eigenvalue weighted by Crippen LogP contribution is 2.24. The molecule has 0 aliphatic heterocycles. The van der Waals surface area contributed by atoms with Gasteiger partial charge in [0.1, 0.15) is 5.75 Å². The van der Waals surface area contributed by atoms with Crippen LogP contribution in [0.1, 0.15) is 20.8 Å². The van der Waals surface area contributed by atoms with E-state index in [0.717, 1.165) is 0 Å². The van der Waals surface area contributed by atoms with Crippen molar-refractivity contribution in [1.29, 1.82) is 0 Å². The topological polar surface area (TPSA) is 88.2 Å². The van der Waals surface area contributed by atoms with Crippen LogP contribution in [0, 0.1) is 0 Å². The summed E-state index contributed by atoms with van der Waals surface area (Å²) in [5.74, 6) is 0.659. The lowest BCUT2D eigenvalue weighted by atomic mass is 10.1. The van der Waals surface area contributed by atoms with Crippen molar-refractivity contribution in [2.45, 2.75) is 31.5 Å². The van der Waals surface area contributed by atoms with Crippen LogP contribution in [0.5, 0.6) is 5.75 Å². The fourth-order valence-electron chi connectivity index (χ4n) is 1.57.